The minimum Gasteiger partial charge on any atom is -0.444 e. The van der Waals surface area contributed by atoms with E-state index in [4.69, 9.17) is 13.7 Å². The summed E-state index contributed by atoms with van der Waals surface area (Å²) >= 11 is 0. The summed E-state index contributed by atoms with van der Waals surface area (Å²) in [7, 11) is -3.91. The highest BCUT2D eigenvalue weighted by molar-refractivity contribution is 7.86. The molecule has 2 rings (SSSR count). The molecule has 1 amide bonds. The Labute approximate surface area is 167 Å². The summed E-state index contributed by atoms with van der Waals surface area (Å²) in [5.74, 6) is 0.236. The third kappa shape index (κ3) is 7.77. The third-order valence-electron chi connectivity index (χ3n) is 4.33. The molecule has 8 heteroatoms. The number of carbonyl (C=O) groups excluding carboxylic acids is 1. The van der Waals surface area contributed by atoms with Gasteiger partial charge in [0.15, 0.2) is 0 Å². The van der Waals surface area contributed by atoms with Crippen LogP contribution in [-0.2, 0) is 23.8 Å². The van der Waals surface area contributed by atoms with E-state index in [1.165, 1.54) is 12.1 Å². The summed E-state index contributed by atoms with van der Waals surface area (Å²) in [6.45, 7) is 8.37. The van der Waals surface area contributed by atoms with Gasteiger partial charge in [-0.15, -0.1) is 0 Å². The lowest BCUT2D eigenvalue weighted by molar-refractivity contribution is 0.0354. The number of benzene rings is 1. The third-order valence-corrected chi connectivity index (χ3v) is 5.62. The first-order valence-electron chi connectivity index (χ1n) is 9.58. The lowest BCUT2D eigenvalue weighted by Gasteiger charge is -2.28. The number of amides is 1. The van der Waals surface area contributed by atoms with Crippen LogP contribution in [0.2, 0.25) is 0 Å². The standard InChI is InChI=1S/C20H31NO6S/c1-15-7-9-18(10-8-15)28(23,24)26-14-17(12-16-6-5-11-25-13-16)21-19(22)27-20(2,3)4/h7-10,16-17H,5-6,11-14H2,1-4H3,(H,21,22)/t16-,17-/m1/s1. The smallest absolute Gasteiger partial charge is 0.407 e. The fourth-order valence-electron chi connectivity index (χ4n) is 2.98. The van der Waals surface area contributed by atoms with Gasteiger partial charge >= 0.3 is 6.09 Å². The molecule has 2 atom stereocenters. The molecular formula is C20H31NO6S. The van der Waals surface area contributed by atoms with Crippen LogP contribution in [0.5, 0.6) is 0 Å². The maximum Gasteiger partial charge on any atom is 0.407 e. The number of rotatable bonds is 7. The van der Waals surface area contributed by atoms with Gasteiger partial charge in [0, 0.05) is 13.2 Å². The molecule has 1 N–H and O–H groups in total. The second-order valence-corrected chi connectivity index (χ2v) is 9.83. The predicted octanol–water partition coefficient (Wildman–Crippen LogP) is 3.41. The van der Waals surface area contributed by atoms with Crippen LogP contribution in [0.4, 0.5) is 4.79 Å². The van der Waals surface area contributed by atoms with Crippen molar-refractivity contribution in [3.05, 3.63) is 29.8 Å². The Balaban J connectivity index is 2.02. The molecular weight excluding hydrogens is 382 g/mol. The van der Waals surface area contributed by atoms with Crippen molar-refractivity contribution in [3.63, 3.8) is 0 Å². The van der Waals surface area contributed by atoms with Gasteiger partial charge in [0.2, 0.25) is 0 Å². The molecule has 1 aromatic carbocycles. The van der Waals surface area contributed by atoms with Crippen molar-refractivity contribution in [2.24, 2.45) is 5.92 Å². The Kier molecular flexibility index (Phi) is 7.86. The van der Waals surface area contributed by atoms with E-state index in [1.807, 2.05) is 6.92 Å². The van der Waals surface area contributed by atoms with Gasteiger partial charge in [-0.25, -0.2) is 4.79 Å². The fourth-order valence-corrected chi connectivity index (χ4v) is 3.93. The SMILES string of the molecule is Cc1ccc(S(=O)(=O)OC[C@@H](C[C@H]2CCCOC2)NC(=O)OC(C)(C)C)cc1. The van der Waals surface area contributed by atoms with Crippen LogP contribution in [0.15, 0.2) is 29.2 Å². The Hall–Kier alpha value is -1.64. The number of nitrogens with one attached hydrogen (secondary N) is 1. The Morgan fingerprint density at radius 2 is 1.96 bits per heavy atom. The highest BCUT2D eigenvalue weighted by atomic mass is 32.2. The van der Waals surface area contributed by atoms with Crippen molar-refractivity contribution in [1.82, 2.24) is 5.32 Å². The molecule has 28 heavy (non-hydrogen) atoms. The normalized spacial score (nSPS) is 19.1. The van der Waals surface area contributed by atoms with E-state index < -0.39 is 27.9 Å². The van der Waals surface area contributed by atoms with Crippen LogP contribution in [0.25, 0.3) is 0 Å². The lowest BCUT2D eigenvalue weighted by atomic mass is 9.95. The zero-order valence-corrected chi connectivity index (χ0v) is 17.9. The Morgan fingerprint density at radius 3 is 2.54 bits per heavy atom. The number of alkyl carbamates (subject to hydrolysis) is 1. The van der Waals surface area contributed by atoms with Crippen molar-refractivity contribution in [2.45, 2.75) is 63.5 Å². The van der Waals surface area contributed by atoms with Gasteiger partial charge in [0.25, 0.3) is 10.1 Å². The molecule has 1 fully saturated rings. The van der Waals surface area contributed by atoms with E-state index in [9.17, 15) is 13.2 Å². The van der Waals surface area contributed by atoms with Crippen LogP contribution in [-0.4, -0.2) is 46.0 Å². The molecule has 1 saturated heterocycles. The average Bonchev–Trinajstić information content (AvgIpc) is 2.59. The quantitative estimate of drug-likeness (QED) is 0.689. The van der Waals surface area contributed by atoms with Crippen LogP contribution < -0.4 is 5.32 Å². The monoisotopic (exact) mass is 413 g/mol. The molecule has 1 aromatic rings. The van der Waals surface area contributed by atoms with Gasteiger partial charge in [-0.2, -0.15) is 8.42 Å². The first kappa shape index (κ1) is 22.6. The Bertz CT molecular complexity index is 733. The summed E-state index contributed by atoms with van der Waals surface area (Å²) in [6.07, 6.45) is 1.89. The fraction of sp³-hybridized carbons (Fsp3) is 0.650. The number of hydrogen-bond donors (Lipinski definition) is 1. The molecule has 0 radical (unpaired) electrons. The first-order chi connectivity index (χ1) is 13.0. The van der Waals surface area contributed by atoms with E-state index in [0.717, 1.165) is 25.0 Å². The summed E-state index contributed by atoms with van der Waals surface area (Å²) in [6, 6.07) is 5.95. The highest BCUT2D eigenvalue weighted by Gasteiger charge is 2.26. The molecule has 0 aliphatic carbocycles. The predicted molar refractivity (Wildman–Crippen MR) is 106 cm³/mol. The molecule has 7 nitrogen and oxygen atoms in total. The molecule has 1 aliphatic heterocycles. The van der Waals surface area contributed by atoms with E-state index in [1.54, 1.807) is 32.9 Å². The largest absolute Gasteiger partial charge is 0.444 e. The topological polar surface area (TPSA) is 90.9 Å². The second kappa shape index (κ2) is 9.71. The number of ether oxygens (including phenoxy) is 2. The van der Waals surface area contributed by atoms with E-state index in [0.29, 0.717) is 13.0 Å². The van der Waals surface area contributed by atoms with Crippen LogP contribution in [0.3, 0.4) is 0 Å². The number of aryl methyl sites for hydroxylation is 1. The average molecular weight is 414 g/mol. The van der Waals surface area contributed by atoms with Crippen molar-refractivity contribution in [1.29, 1.82) is 0 Å². The molecule has 1 heterocycles. The maximum absolute atomic E-state index is 12.5. The van der Waals surface area contributed by atoms with Gasteiger partial charge in [-0.3, -0.25) is 4.18 Å². The van der Waals surface area contributed by atoms with Gasteiger partial charge in [0.05, 0.1) is 17.5 Å². The zero-order chi connectivity index (χ0) is 20.8. The van der Waals surface area contributed by atoms with Gasteiger partial charge < -0.3 is 14.8 Å². The van der Waals surface area contributed by atoms with E-state index in [2.05, 4.69) is 5.32 Å². The van der Waals surface area contributed by atoms with Crippen LogP contribution in [0, 0.1) is 12.8 Å². The van der Waals surface area contributed by atoms with Crippen molar-refractivity contribution in [3.8, 4) is 0 Å². The van der Waals surface area contributed by atoms with Crippen molar-refractivity contribution < 1.29 is 26.9 Å². The summed E-state index contributed by atoms with van der Waals surface area (Å²) in [5, 5.41) is 2.75. The van der Waals surface area contributed by atoms with Crippen molar-refractivity contribution in [2.75, 3.05) is 19.8 Å². The second-order valence-electron chi connectivity index (χ2n) is 8.21. The number of carbonyl (C=O) groups is 1. The molecule has 1 aliphatic rings. The lowest BCUT2D eigenvalue weighted by Crippen LogP contribution is -2.43. The minimum absolute atomic E-state index is 0.0927. The van der Waals surface area contributed by atoms with E-state index in [-0.39, 0.29) is 17.4 Å². The summed E-state index contributed by atoms with van der Waals surface area (Å²) in [4.78, 5) is 12.3. The summed E-state index contributed by atoms with van der Waals surface area (Å²) < 4.78 is 41.0. The maximum atomic E-state index is 12.5. The van der Waals surface area contributed by atoms with Gasteiger partial charge in [0.1, 0.15) is 5.60 Å². The van der Waals surface area contributed by atoms with Crippen LogP contribution >= 0.6 is 0 Å². The molecule has 158 valence electrons. The van der Waals surface area contributed by atoms with Crippen LogP contribution in [0.1, 0.15) is 45.6 Å². The molecule has 0 bridgehead atoms. The zero-order valence-electron chi connectivity index (χ0n) is 17.1. The molecule has 0 aromatic heterocycles. The van der Waals surface area contributed by atoms with Crippen molar-refractivity contribution >= 4 is 16.2 Å². The molecule has 0 saturated carbocycles. The molecule has 0 unspecified atom stereocenters. The number of hydrogen-bond acceptors (Lipinski definition) is 6. The van der Waals surface area contributed by atoms with Gasteiger partial charge in [-0.1, -0.05) is 17.7 Å². The Morgan fingerprint density at radius 1 is 1.29 bits per heavy atom. The minimum atomic E-state index is -3.91. The summed E-state index contributed by atoms with van der Waals surface area (Å²) in [5.41, 5.74) is 0.318. The van der Waals surface area contributed by atoms with E-state index >= 15 is 0 Å². The molecule has 0 spiro atoms. The first-order valence-corrected chi connectivity index (χ1v) is 11.0. The van der Waals surface area contributed by atoms with Gasteiger partial charge in [-0.05, 0) is 65.0 Å². The highest BCUT2D eigenvalue weighted by Crippen LogP contribution is 2.21.